The van der Waals surface area contributed by atoms with Crippen LogP contribution >= 0.6 is 0 Å². The maximum Gasteiger partial charge on any atom is 0.236 e. The first-order chi connectivity index (χ1) is 9.40. The Hall–Kier alpha value is -1.14. The highest BCUT2D eigenvalue weighted by molar-refractivity contribution is 7.91. The van der Waals surface area contributed by atoms with Crippen LogP contribution in [0.1, 0.15) is 13.3 Å². The normalized spacial score (nSPS) is 28.6. The smallest absolute Gasteiger partial charge is 0.236 e. The van der Waals surface area contributed by atoms with Gasteiger partial charge in [-0.05, 0) is 6.42 Å². The van der Waals surface area contributed by atoms with E-state index in [9.17, 15) is 13.2 Å². The lowest BCUT2D eigenvalue weighted by Gasteiger charge is -2.29. The molecule has 1 amide bonds. The minimum absolute atomic E-state index is 0.0150. The van der Waals surface area contributed by atoms with Crippen molar-refractivity contribution >= 4 is 15.7 Å². The molecule has 1 saturated heterocycles. The summed E-state index contributed by atoms with van der Waals surface area (Å²) in [6.07, 6.45) is 9.30. The number of carbonyl (C=O) groups is 1. The number of hydrogen-bond acceptors (Lipinski definition) is 4. The monoisotopic (exact) mass is 298 g/mol. The zero-order valence-corrected chi connectivity index (χ0v) is 12.7. The first-order valence-electron chi connectivity index (χ1n) is 6.94. The number of rotatable bonds is 4. The number of amides is 1. The van der Waals surface area contributed by atoms with Crippen LogP contribution in [0.5, 0.6) is 0 Å². The van der Waals surface area contributed by atoms with Gasteiger partial charge in [0.25, 0.3) is 0 Å². The molecule has 1 heterocycles. The van der Waals surface area contributed by atoms with Crippen LogP contribution in [0.25, 0.3) is 0 Å². The average molecular weight is 298 g/mol. The molecule has 1 aliphatic carbocycles. The molecule has 6 heteroatoms. The van der Waals surface area contributed by atoms with Gasteiger partial charge in [-0.1, -0.05) is 31.2 Å². The fourth-order valence-electron chi connectivity index (χ4n) is 2.43. The van der Waals surface area contributed by atoms with Gasteiger partial charge < -0.3 is 10.2 Å². The molecular weight excluding hydrogens is 276 g/mol. The molecule has 1 fully saturated rings. The summed E-state index contributed by atoms with van der Waals surface area (Å²) in [7, 11) is -2.93. The Morgan fingerprint density at radius 3 is 2.60 bits per heavy atom. The molecule has 5 nitrogen and oxygen atoms in total. The van der Waals surface area contributed by atoms with Gasteiger partial charge in [-0.25, -0.2) is 8.42 Å². The summed E-state index contributed by atoms with van der Waals surface area (Å²) in [6.45, 7) is 3.81. The van der Waals surface area contributed by atoms with E-state index in [-0.39, 0.29) is 29.4 Å². The molecule has 2 aliphatic rings. The molecule has 20 heavy (non-hydrogen) atoms. The molecule has 0 aromatic carbocycles. The quantitative estimate of drug-likeness (QED) is 0.813. The van der Waals surface area contributed by atoms with E-state index in [1.54, 1.807) is 4.90 Å². The van der Waals surface area contributed by atoms with Crippen molar-refractivity contribution < 1.29 is 13.2 Å². The minimum Gasteiger partial charge on any atom is -0.340 e. The lowest BCUT2D eigenvalue weighted by Crippen LogP contribution is -2.47. The van der Waals surface area contributed by atoms with Gasteiger partial charge in [0.1, 0.15) is 0 Å². The van der Waals surface area contributed by atoms with Gasteiger partial charge in [-0.3, -0.25) is 4.79 Å². The Bertz CT molecular complexity index is 511. The lowest BCUT2D eigenvalue weighted by atomic mass is 9.84. The number of hydrogen-bond donors (Lipinski definition) is 1. The molecule has 0 unspecified atom stereocenters. The van der Waals surface area contributed by atoms with Gasteiger partial charge in [0.05, 0.1) is 18.1 Å². The fraction of sp³-hybridized carbons (Fsp3) is 0.643. The van der Waals surface area contributed by atoms with E-state index >= 15 is 0 Å². The van der Waals surface area contributed by atoms with Crippen LogP contribution in [0.2, 0.25) is 0 Å². The van der Waals surface area contributed by atoms with Gasteiger partial charge in [0.2, 0.25) is 5.91 Å². The second-order valence-electron chi connectivity index (χ2n) is 5.78. The zero-order chi connectivity index (χ0) is 14.6. The number of allylic oxidation sites excluding steroid dienone is 3. The van der Waals surface area contributed by atoms with Gasteiger partial charge in [-0.2, -0.15) is 0 Å². The molecule has 1 atom stereocenters. The van der Waals surface area contributed by atoms with E-state index in [0.717, 1.165) is 13.0 Å². The van der Waals surface area contributed by atoms with Crippen molar-refractivity contribution in [2.24, 2.45) is 5.41 Å². The van der Waals surface area contributed by atoms with E-state index in [0.29, 0.717) is 13.1 Å². The maximum absolute atomic E-state index is 12.0. The second kappa shape index (κ2) is 6.10. The molecule has 0 aromatic heterocycles. The van der Waals surface area contributed by atoms with Crippen molar-refractivity contribution in [3.8, 4) is 0 Å². The van der Waals surface area contributed by atoms with Crippen molar-refractivity contribution in [1.29, 1.82) is 0 Å². The second-order valence-corrected chi connectivity index (χ2v) is 8.09. The first kappa shape index (κ1) is 15.3. The Kier molecular flexibility index (Phi) is 4.65. The number of nitrogens with one attached hydrogen (secondary N) is 1. The molecule has 0 saturated carbocycles. The van der Waals surface area contributed by atoms with Gasteiger partial charge in [0.15, 0.2) is 9.84 Å². The first-order valence-corrected chi connectivity index (χ1v) is 8.76. The van der Waals surface area contributed by atoms with Gasteiger partial charge >= 0.3 is 0 Å². The average Bonchev–Trinajstić information content (AvgIpc) is 2.39. The summed E-state index contributed by atoms with van der Waals surface area (Å²) in [5.41, 5.74) is 0.0558. The molecule has 112 valence electrons. The summed E-state index contributed by atoms with van der Waals surface area (Å²) in [4.78, 5) is 13.6. The van der Waals surface area contributed by atoms with Gasteiger partial charge in [-0.15, -0.1) is 0 Å². The molecule has 0 aromatic rings. The van der Waals surface area contributed by atoms with Crippen LogP contribution in [-0.4, -0.2) is 56.9 Å². The third-order valence-electron chi connectivity index (χ3n) is 3.83. The third kappa shape index (κ3) is 4.18. The maximum atomic E-state index is 12.0. The largest absolute Gasteiger partial charge is 0.340 e. The fourth-order valence-corrected chi connectivity index (χ4v) is 3.63. The van der Waals surface area contributed by atoms with Crippen LogP contribution in [-0.2, 0) is 14.6 Å². The zero-order valence-electron chi connectivity index (χ0n) is 11.8. The van der Waals surface area contributed by atoms with Crippen LogP contribution in [0, 0.1) is 5.41 Å². The Labute approximate surface area is 120 Å². The number of carbonyl (C=O) groups excluding carboxylic acids is 1. The van der Waals surface area contributed by atoms with Crippen molar-refractivity contribution in [2.75, 3.05) is 37.7 Å². The van der Waals surface area contributed by atoms with Crippen LogP contribution in [0.3, 0.4) is 0 Å². The summed E-state index contributed by atoms with van der Waals surface area (Å²) in [5, 5.41) is 3.19. The Balaban J connectivity index is 1.73. The topological polar surface area (TPSA) is 66.5 Å². The predicted molar refractivity (Wildman–Crippen MR) is 79.1 cm³/mol. The molecule has 2 rings (SSSR count). The number of sulfone groups is 1. The van der Waals surface area contributed by atoms with E-state index in [1.807, 2.05) is 12.2 Å². The molecule has 0 radical (unpaired) electrons. The van der Waals surface area contributed by atoms with E-state index in [2.05, 4.69) is 24.4 Å². The van der Waals surface area contributed by atoms with E-state index < -0.39 is 9.84 Å². The Morgan fingerprint density at radius 2 is 2.00 bits per heavy atom. The van der Waals surface area contributed by atoms with Crippen molar-refractivity contribution in [2.45, 2.75) is 13.3 Å². The van der Waals surface area contributed by atoms with E-state index in [1.165, 1.54) is 0 Å². The molecule has 1 N–H and O–H groups in total. The Morgan fingerprint density at radius 1 is 1.30 bits per heavy atom. The highest BCUT2D eigenvalue weighted by Crippen LogP contribution is 2.25. The van der Waals surface area contributed by atoms with Gasteiger partial charge in [0, 0.05) is 25.0 Å². The third-order valence-corrected chi connectivity index (χ3v) is 5.44. The molecular formula is C14H22N2O3S. The van der Waals surface area contributed by atoms with Crippen LogP contribution in [0.4, 0.5) is 0 Å². The molecule has 0 bridgehead atoms. The lowest BCUT2D eigenvalue weighted by molar-refractivity contribution is -0.129. The highest BCUT2D eigenvalue weighted by atomic mass is 32.2. The summed E-state index contributed by atoms with van der Waals surface area (Å²) in [6, 6.07) is 0. The van der Waals surface area contributed by atoms with Crippen molar-refractivity contribution in [3.63, 3.8) is 0 Å². The SMILES string of the molecule is C[C@@]1(CNCC(=O)N2CCS(=O)(=O)CC2)C=CC=CC1. The number of nitrogens with zero attached hydrogens (tertiary/aromatic N) is 1. The van der Waals surface area contributed by atoms with Crippen molar-refractivity contribution in [3.05, 3.63) is 24.3 Å². The minimum atomic E-state index is -2.93. The molecule has 0 spiro atoms. The van der Waals surface area contributed by atoms with Crippen molar-refractivity contribution in [1.82, 2.24) is 10.2 Å². The van der Waals surface area contributed by atoms with Crippen LogP contribution < -0.4 is 5.32 Å². The predicted octanol–water partition coefficient (Wildman–Crippen LogP) is 0.355. The van der Waals surface area contributed by atoms with Crippen LogP contribution in [0.15, 0.2) is 24.3 Å². The summed E-state index contributed by atoms with van der Waals surface area (Å²) >= 11 is 0. The molecule has 1 aliphatic heterocycles. The van der Waals surface area contributed by atoms with E-state index in [4.69, 9.17) is 0 Å². The standard InChI is InChI=1S/C14H22N2O3S/c1-14(5-3-2-4-6-14)12-15-11-13(17)16-7-9-20(18,19)10-8-16/h2-5,15H,6-12H2,1H3/t14-/m1/s1. The summed E-state index contributed by atoms with van der Waals surface area (Å²) < 4.78 is 22.6. The highest BCUT2D eigenvalue weighted by Gasteiger charge is 2.25. The summed E-state index contributed by atoms with van der Waals surface area (Å²) in [5.74, 6) is 0.160.